The van der Waals surface area contributed by atoms with Gasteiger partial charge in [-0.05, 0) is 17.9 Å². The Balaban J connectivity index is 2.33. The average Bonchev–Trinajstić information content (AvgIpc) is 2.39. The molecule has 0 aromatic heterocycles. The number of hydrogen-bond donors (Lipinski definition) is 1. The predicted molar refractivity (Wildman–Crippen MR) is 72.3 cm³/mol. The minimum absolute atomic E-state index is 0.295. The number of nitrogens with two attached hydrogens (primary N) is 1. The van der Waals surface area contributed by atoms with Gasteiger partial charge in [-0.15, -0.1) is 5.10 Å². The van der Waals surface area contributed by atoms with E-state index in [4.69, 9.17) is 5.73 Å². The lowest BCUT2D eigenvalue weighted by molar-refractivity contribution is 0.688. The normalized spacial score (nSPS) is 21.6. The first-order valence-electron chi connectivity index (χ1n) is 6.17. The van der Waals surface area contributed by atoms with Crippen molar-refractivity contribution in [1.29, 1.82) is 0 Å². The maximum Gasteiger partial charge on any atom is 0.123 e. The van der Waals surface area contributed by atoms with Gasteiger partial charge in [-0.25, -0.2) is 0 Å². The fourth-order valence-corrected chi connectivity index (χ4v) is 2.17. The third-order valence-electron chi connectivity index (χ3n) is 3.38. The molecule has 2 rings (SSSR count). The number of benzene rings is 1. The summed E-state index contributed by atoms with van der Waals surface area (Å²) < 4.78 is 0. The third kappa shape index (κ3) is 2.54. The Bertz CT molecular complexity index is 434. The van der Waals surface area contributed by atoms with Crippen LogP contribution in [0.3, 0.4) is 0 Å². The van der Waals surface area contributed by atoms with Crippen LogP contribution in [-0.4, -0.2) is 11.5 Å². The zero-order valence-corrected chi connectivity index (χ0v) is 10.4. The van der Waals surface area contributed by atoms with Gasteiger partial charge < -0.3 is 5.73 Å². The van der Waals surface area contributed by atoms with Gasteiger partial charge in [0.1, 0.15) is 5.84 Å². The van der Waals surface area contributed by atoms with Gasteiger partial charge in [0.25, 0.3) is 0 Å². The first kappa shape index (κ1) is 11.8. The molecule has 1 aliphatic rings. The van der Waals surface area contributed by atoms with E-state index in [0.717, 1.165) is 18.6 Å². The van der Waals surface area contributed by atoms with E-state index < -0.39 is 0 Å². The van der Waals surface area contributed by atoms with Crippen LogP contribution >= 0.6 is 0 Å². The fourth-order valence-electron chi connectivity index (χ4n) is 2.17. The highest BCUT2D eigenvalue weighted by Crippen LogP contribution is 2.28. The summed E-state index contributed by atoms with van der Waals surface area (Å²) in [5.41, 5.74) is 8.25. The lowest BCUT2D eigenvalue weighted by atomic mass is 9.83. The van der Waals surface area contributed by atoms with Crippen molar-refractivity contribution in [2.45, 2.75) is 32.6 Å². The van der Waals surface area contributed by atoms with Crippen molar-refractivity contribution in [2.75, 3.05) is 0 Å². The Kier molecular flexibility index (Phi) is 3.57. The van der Waals surface area contributed by atoms with Crippen molar-refractivity contribution in [1.82, 2.24) is 0 Å². The van der Waals surface area contributed by atoms with Gasteiger partial charge in [0, 0.05) is 12.3 Å². The van der Waals surface area contributed by atoms with Crippen LogP contribution in [-0.2, 0) is 0 Å². The molecule has 1 aliphatic heterocycles. The minimum atomic E-state index is 0.295. The highest BCUT2D eigenvalue weighted by atomic mass is 15.2. The van der Waals surface area contributed by atoms with E-state index in [1.807, 2.05) is 6.07 Å². The van der Waals surface area contributed by atoms with Crippen molar-refractivity contribution in [2.24, 2.45) is 21.9 Å². The van der Waals surface area contributed by atoms with Gasteiger partial charge in [-0.2, -0.15) is 5.10 Å². The van der Waals surface area contributed by atoms with Crippen LogP contribution in [0.1, 0.15) is 38.2 Å². The highest BCUT2D eigenvalue weighted by Gasteiger charge is 2.26. The molecule has 17 heavy (non-hydrogen) atoms. The maximum atomic E-state index is 5.81. The molecule has 0 radical (unpaired) electrons. The Morgan fingerprint density at radius 2 is 2.00 bits per heavy atom. The largest absolute Gasteiger partial charge is 0.386 e. The third-order valence-corrected chi connectivity index (χ3v) is 3.38. The molecular weight excluding hydrogens is 210 g/mol. The molecule has 0 aliphatic carbocycles. The summed E-state index contributed by atoms with van der Waals surface area (Å²) in [5, 5.41) is 8.36. The van der Waals surface area contributed by atoms with E-state index in [9.17, 15) is 0 Å². The van der Waals surface area contributed by atoms with Gasteiger partial charge in [0.15, 0.2) is 0 Å². The summed E-state index contributed by atoms with van der Waals surface area (Å²) in [6.45, 7) is 4.38. The Morgan fingerprint density at radius 3 is 2.65 bits per heavy atom. The molecule has 0 spiro atoms. The zero-order chi connectivity index (χ0) is 12.3. The maximum absolute atomic E-state index is 5.81. The van der Waals surface area contributed by atoms with Crippen LogP contribution in [0.2, 0.25) is 0 Å². The molecule has 2 N–H and O–H groups in total. The summed E-state index contributed by atoms with van der Waals surface area (Å²) in [5.74, 6) is 1.38. The minimum Gasteiger partial charge on any atom is -0.386 e. The average molecular weight is 229 g/mol. The molecule has 3 heteroatoms. The second-order valence-electron chi connectivity index (χ2n) is 4.59. The molecule has 0 saturated carbocycles. The summed E-state index contributed by atoms with van der Waals surface area (Å²) in [6.07, 6.45) is 1.87. The van der Waals surface area contributed by atoms with E-state index in [0.29, 0.717) is 17.7 Å². The smallest absolute Gasteiger partial charge is 0.123 e. The number of amidine groups is 1. The van der Waals surface area contributed by atoms with Crippen LogP contribution in [0.15, 0.2) is 40.5 Å². The lowest BCUT2D eigenvalue weighted by Gasteiger charge is -2.25. The second-order valence-corrected chi connectivity index (χ2v) is 4.59. The monoisotopic (exact) mass is 229 g/mol. The van der Waals surface area contributed by atoms with Gasteiger partial charge in [0.05, 0.1) is 5.71 Å². The van der Waals surface area contributed by atoms with E-state index >= 15 is 0 Å². The second kappa shape index (κ2) is 5.13. The van der Waals surface area contributed by atoms with Crippen molar-refractivity contribution in [3.8, 4) is 0 Å². The number of hydrogen-bond acceptors (Lipinski definition) is 3. The summed E-state index contributed by atoms with van der Waals surface area (Å²) in [7, 11) is 0. The van der Waals surface area contributed by atoms with Crippen molar-refractivity contribution < 1.29 is 0 Å². The topological polar surface area (TPSA) is 50.7 Å². The lowest BCUT2D eigenvalue weighted by Crippen LogP contribution is -2.28. The van der Waals surface area contributed by atoms with Crippen molar-refractivity contribution in [3.05, 3.63) is 35.9 Å². The quantitative estimate of drug-likeness (QED) is 0.851. The molecule has 0 fully saturated rings. The summed E-state index contributed by atoms with van der Waals surface area (Å²) in [6, 6.07) is 10.4. The number of rotatable bonds is 3. The van der Waals surface area contributed by atoms with Crippen LogP contribution in [0.4, 0.5) is 0 Å². The Morgan fingerprint density at radius 1 is 1.29 bits per heavy atom. The summed E-state index contributed by atoms with van der Waals surface area (Å²) >= 11 is 0. The molecule has 1 aromatic carbocycles. The fraction of sp³-hybridized carbons (Fsp3) is 0.429. The predicted octanol–water partition coefficient (Wildman–Crippen LogP) is 2.93. The van der Waals surface area contributed by atoms with Crippen LogP contribution < -0.4 is 5.73 Å². The SMILES string of the molecule is CCC(C)C1=NN=C(N)CC1c1ccccc1. The van der Waals surface area contributed by atoms with Crippen LogP contribution in [0.5, 0.6) is 0 Å². The van der Waals surface area contributed by atoms with E-state index in [2.05, 4.69) is 48.3 Å². The van der Waals surface area contributed by atoms with Gasteiger partial charge in [-0.3, -0.25) is 0 Å². The molecule has 0 saturated heterocycles. The number of nitrogens with zero attached hydrogens (tertiary/aromatic N) is 2. The first-order chi connectivity index (χ1) is 8.22. The molecule has 1 heterocycles. The standard InChI is InChI=1S/C14H19N3/c1-3-10(2)14-12(9-13(15)16-17-14)11-7-5-4-6-8-11/h4-8,10,12H,3,9H2,1-2H3,(H2,15,16). The van der Waals surface area contributed by atoms with Crippen molar-refractivity contribution >= 4 is 11.5 Å². The Hall–Kier alpha value is -1.64. The molecule has 2 unspecified atom stereocenters. The van der Waals surface area contributed by atoms with Gasteiger partial charge >= 0.3 is 0 Å². The first-order valence-corrected chi connectivity index (χ1v) is 6.17. The van der Waals surface area contributed by atoms with Gasteiger partial charge in [-0.1, -0.05) is 44.2 Å². The zero-order valence-electron chi connectivity index (χ0n) is 10.4. The molecule has 1 aromatic rings. The Labute approximate surface area is 102 Å². The van der Waals surface area contributed by atoms with Crippen LogP contribution in [0.25, 0.3) is 0 Å². The highest BCUT2D eigenvalue weighted by molar-refractivity contribution is 5.99. The van der Waals surface area contributed by atoms with E-state index in [1.54, 1.807) is 0 Å². The molecular formula is C14H19N3. The van der Waals surface area contributed by atoms with E-state index in [1.165, 1.54) is 5.56 Å². The molecule has 0 amide bonds. The molecule has 3 nitrogen and oxygen atoms in total. The van der Waals surface area contributed by atoms with Crippen molar-refractivity contribution in [3.63, 3.8) is 0 Å². The molecule has 90 valence electrons. The van der Waals surface area contributed by atoms with Gasteiger partial charge in [0.2, 0.25) is 0 Å². The molecule has 0 bridgehead atoms. The van der Waals surface area contributed by atoms with Crippen LogP contribution in [0, 0.1) is 5.92 Å². The summed E-state index contributed by atoms with van der Waals surface area (Å²) in [4.78, 5) is 0. The van der Waals surface area contributed by atoms with E-state index in [-0.39, 0.29) is 0 Å². The molecule has 2 atom stereocenters.